The minimum atomic E-state index is 0.0575. The van der Waals surface area contributed by atoms with Gasteiger partial charge in [0.2, 0.25) is 11.9 Å². The molecule has 27 heavy (non-hydrogen) atoms. The molecule has 2 aromatic heterocycles. The van der Waals surface area contributed by atoms with Gasteiger partial charge in [-0.1, -0.05) is 0 Å². The third-order valence-corrected chi connectivity index (χ3v) is 5.48. The highest BCUT2D eigenvalue weighted by molar-refractivity contribution is 5.78. The number of piperidine rings is 1. The lowest BCUT2D eigenvalue weighted by molar-refractivity contribution is -0.125. The summed E-state index contributed by atoms with van der Waals surface area (Å²) >= 11 is 0. The van der Waals surface area contributed by atoms with Crippen LogP contribution >= 0.6 is 0 Å². The van der Waals surface area contributed by atoms with E-state index in [1.165, 1.54) is 12.8 Å². The van der Waals surface area contributed by atoms with Gasteiger partial charge in [-0.15, -0.1) is 0 Å². The Morgan fingerprint density at radius 2 is 1.81 bits per heavy atom. The van der Waals surface area contributed by atoms with Crippen molar-refractivity contribution in [3.63, 3.8) is 0 Å². The molecule has 0 aliphatic carbocycles. The van der Waals surface area contributed by atoms with Gasteiger partial charge in [0.1, 0.15) is 11.5 Å². The molecule has 0 unspecified atom stereocenters. The van der Waals surface area contributed by atoms with Crippen LogP contribution in [0.2, 0.25) is 0 Å². The van der Waals surface area contributed by atoms with Crippen molar-refractivity contribution in [2.24, 2.45) is 5.92 Å². The van der Waals surface area contributed by atoms with Crippen molar-refractivity contribution in [3.8, 4) is 0 Å². The molecule has 0 aromatic carbocycles. The highest BCUT2D eigenvalue weighted by Gasteiger charge is 2.25. The summed E-state index contributed by atoms with van der Waals surface area (Å²) in [5.41, 5.74) is 1.04. The van der Waals surface area contributed by atoms with Gasteiger partial charge in [0.05, 0.1) is 24.6 Å². The molecule has 0 atom stereocenters. The van der Waals surface area contributed by atoms with E-state index < -0.39 is 0 Å². The fourth-order valence-electron chi connectivity index (χ4n) is 3.86. The first-order chi connectivity index (χ1) is 13.2. The van der Waals surface area contributed by atoms with Crippen molar-refractivity contribution in [2.45, 2.75) is 39.2 Å². The molecule has 7 heteroatoms. The number of nitrogens with one attached hydrogen (secondary N) is 1. The number of hydrogen-bond donors (Lipinski definition) is 1. The normalized spacial score (nSPS) is 18.1. The molecule has 0 saturated carbocycles. The van der Waals surface area contributed by atoms with Crippen LogP contribution in [0, 0.1) is 12.8 Å². The lowest BCUT2D eigenvalue weighted by Crippen LogP contribution is -2.40. The van der Waals surface area contributed by atoms with E-state index >= 15 is 0 Å². The zero-order valence-corrected chi connectivity index (χ0v) is 15.9. The summed E-state index contributed by atoms with van der Waals surface area (Å²) in [5.74, 6) is 2.67. The number of carbonyl (C=O) groups excluding carboxylic acids is 1. The molecule has 2 aliphatic heterocycles. The van der Waals surface area contributed by atoms with Gasteiger partial charge < -0.3 is 19.5 Å². The van der Waals surface area contributed by atoms with Crippen LogP contribution in [0.5, 0.6) is 0 Å². The van der Waals surface area contributed by atoms with Crippen molar-refractivity contribution < 1.29 is 9.21 Å². The van der Waals surface area contributed by atoms with Gasteiger partial charge in [-0.3, -0.25) is 4.79 Å². The Hall–Kier alpha value is -2.57. The zero-order chi connectivity index (χ0) is 18.6. The van der Waals surface area contributed by atoms with Crippen LogP contribution in [0.4, 0.5) is 11.6 Å². The fraction of sp³-hybridized carbons (Fsp3) is 0.550. The Labute approximate surface area is 159 Å². The van der Waals surface area contributed by atoms with Gasteiger partial charge in [0.25, 0.3) is 0 Å². The second kappa shape index (κ2) is 7.98. The standard InChI is InChI=1S/C20H27N5O2/c1-15-4-5-18(27-15)14-21-19(26)16-6-10-24(11-7-16)17-12-22-20(23-13-17)25-8-2-3-9-25/h4-5,12-13,16H,2-3,6-11,14H2,1H3,(H,21,26). The molecule has 2 aliphatic rings. The number of aromatic nitrogens is 2. The van der Waals surface area contributed by atoms with E-state index in [9.17, 15) is 4.79 Å². The third kappa shape index (κ3) is 4.23. The Kier molecular flexibility index (Phi) is 5.27. The predicted octanol–water partition coefficient (Wildman–Crippen LogP) is 2.51. The predicted molar refractivity (Wildman–Crippen MR) is 104 cm³/mol. The van der Waals surface area contributed by atoms with Crippen LogP contribution in [0.1, 0.15) is 37.2 Å². The molecule has 4 heterocycles. The summed E-state index contributed by atoms with van der Waals surface area (Å²) in [6.07, 6.45) is 7.97. The first-order valence-corrected chi connectivity index (χ1v) is 9.84. The molecule has 0 bridgehead atoms. The Morgan fingerprint density at radius 1 is 1.11 bits per heavy atom. The number of furan rings is 1. The highest BCUT2D eigenvalue weighted by atomic mass is 16.3. The average molecular weight is 369 g/mol. The van der Waals surface area contributed by atoms with E-state index in [2.05, 4.69) is 25.1 Å². The number of amides is 1. The van der Waals surface area contributed by atoms with Gasteiger partial charge >= 0.3 is 0 Å². The van der Waals surface area contributed by atoms with E-state index in [0.29, 0.717) is 6.54 Å². The van der Waals surface area contributed by atoms with Crippen molar-refractivity contribution in [1.82, 2.24) is 15.3 Å². The number of nitrogens with zero attached hydrogens (tertiary/aromatic N) is 4. The van der Waals surface area contributed by atoms with Gasteiger partial charge in [0, 0.05) is 32.1 Å². The molecule has 0 radical (unpaired) electrons. The van der Waals surface area contributed by atoms with Crippen molar-refractivity contribution >= 4 is 17.5 Å². The maximum absolute atomic E-state index is 12.4. The Morgan fingerprint density at radius 3 is 2.44 bits per heavy atom. The average Bonchev–Trinajstić information content (AvgIpc) is 3.38. The third-order valence-electron chi connectivity index (χ3n) is 5.48. The van der Waals surface area contributed by atoms with Gasteiger partial charge in [-0.05, 0) is 44.7 Å². The number of aryl methyl sites for hydroxylation is 1. The second-order valence-corrected chi connectivity index (χ2v) is 7.43. The van der Waals surface area contributed by atoms with Crippen LogP contribution in [-0.2, 0) is 11.3 Å². The quantitative estimate of drug-likeness (QED) is 0.873. The summed E-state index contributed by atoms with van der Waals surface area (Å²) in [4.78, 5) is 26.0. The number of hydrogen-bond acceptors (Lipinski definition) is 6. The molecule has 1 amide bonds. The zero-order valence-electron chi connectivity index (χ0n) is 15.9. The highest BCUT2D eigenvalue weighted by Crippen LogP contribution is 2.24. The second-order valence-electron chi connectivity index (χ2n) is 7.43. The minimum Gasteiger partial charge on any atom is -0.465 e. The van der Waals surface area contributed by atoms with Gasteiger partial charge in [0.15, 0.2) is 0 Å². The first kappa shape index (κ1) is 17.8. The van der Waals surface area contributed by atoms with Gasteiger partial charge in [-0.25, -0.2) is 9.97 Å². The molecular formula is C20H27N5O2. The maximum Gasteiger partial charge on any atom is 0.225 e. The molecule has 144 valence electrons. The number of carbonyl (C=O) groups is 1. The van der Waals surface area contributed by atoms with Crippen molar-refractivity contribution in [3.05, 3.63) is 36.0 Å². The largest absolute Gasteiger partial charge is 0.465 e. The monoisotopic (exact) mass is 369 g/mol. The van der Waals surface area contributed by atoms with E-state index in [4.69, 9.17) is 4.42 Å². The summed E-state index contributed by atoms with van der Waals surface area (Å²) in [6, 6.07) is 3.82. The molecule has 7 nitrogen and oxygen atoms in total. The van der Waals surface area contributed by atoms with Crippen molar-refractivity contribution in [2.75, 3.05) is 36.0 Å². The SMILES string of the molecule is Cc1ccc(CNC(=O)C2CCN(c3cnc(N4CCCC4)nc3)CC2)o1. The number of rotatable bonds is 5. The van der Waals surface area contributed by atoms with Crippen LogP contribution in [0.3, 0.4) is 0 Å². The molecule has 2 fully saturated rings. The van der Waals surface area contributed by atoms with E-state index in [1.807, 2.05) is 31.5 Å². The van der Waals surface area contributed by atoms with Crippen LogP contribution in [0.25, 0.3) is 0 Å². The summed E-state index contributed by atoms with van der Waals surface area (Å²) in [5, 5.41) is 2.99. The van der Waals surface area contributed by atoms with E-state index in [0.717, 1.165) is 62.2 Å². The minimum absolute atomic E-state index is 0.0575. The van der Waals surface area contributed by atoms with Crippen LogP contribution in [0.15, 0.2) is 28.9 Å². The maximum atomic E-state index is 12.4. The molecule has 4 rings (SSSR count). The summed E-state index contributed by atoms with van der Waals surface area (Å²) in [6.45, 7) is 6.17. The number of anilines is 2. The molecule has 0 spiro atoms. The topological polar surface area (TPSA) is 74.5 Å². The van der Waals surface area contributed by atoms with E-state index in [1.54, 1.807) is 0 Å². The first-order valence-electron chi connectivity index (χ1n) is 9.84. The van der Waals surface area contributed by atoms with E-state index in [-0.39, 0.29) is 11.8 Å². The van der Waals surface area contributed by atoms with Gasteiger partial charge in [-0.2, -0.15) is 0 Å². The van der Waals surface area contributed by atoms with Crippen LogP contribution in [-0.4, -0.2) is 42.1 Å². The molecule has 2 saturated heterocycles. The van der Waals surface area contributed by atoms with Crippen LogP contribution < -0.4 is 15.1 Å². The molecular weight excluding hydrogens is 342 g/mol. The molecule has 2 aromatic rings. The lowest BCUT2D eigenvalue weighted by Gasteiger charge is -2.32. The Balaban J connectivity index is 1.26. The lowest BCUT2D eigenvalue weighted by atomic mass is 9.95. The smallest absolute Gasteiger partial charge is 0.225 e. The summed E-state index contributed by atoms with van der Waals surface area (Å²) in [7, 11) is 0. The Bertz CT molecular complexity index is 759. The van der Waals surface area contributed by atoms with Crippen molar-refractivity contribution in [1.29, 1.82) is 0 Å². The fourth-order valence-corrected chi connectivity index (χ4v) is 3.86. The summed E-state index contributed by atoms with van der Waals surface area (Å²) < 4.78 is 5.50. The molecule has 1 N–H and O–H groups in total.